The van der Waals surface area contributed by atoms with Gasteiger partial charge in [0.25, 0.3) is 0 Å². The summed E-state index contributed by atoms with van der Waals surface area (Å²) < 4.78 is 4.86. The SMILES string of the molecule is CCCC(CCCCc1ccccc1)OC(=O)O. The minimum atomic E-state index is -1.16. The van der Waals surface area contributed by atoms with Gasteiger partial charge in [-0.05, 0) is 37.7 Å². The second kappa shape index (κ2) is 8.56. The van der Waals surface area contributed by atoms with Gasteiger partial charge in [-0.15, -0.1) is 0 Å². The van der Waals surface area contributed by atoms with Crippen molar-refractivity contribution in [1.29, 1.82) is 0 Å². The van der Waals surface area contributed by atoms with E-state index in [1.165, 1.54) is 5.56 Å². The van der Waals surface area contributed by atoms with Crippen LogP contribution in [0.4, 0.5) is 4.79 Å². The van der Waals surface area contributed by atoms with E-state index >= 15 is 0 Å². The van der Waals surface area contributed by atoms with Crippen LogP contribution in [-0.4, -0.2) is 17.4 Å². The Labute approximate surface area is 109 Å². The van der Waals surface area contributed by atoms with E-state index in [4.69, 9.17) is 9.84 Å². The molecular formula is C15H22O3. The monoisotopic (exact) mass is 250 g/mol. The van der Waals surface area contributed by atoms with Gasteiger partial charge in [0.05, 0.1) is 0 Å². The Bertz CT molecular complexity index is 335. The highest BCUT2D eigenvalue weighted by Gasteiger charge is 2.11. The zero-order chi connectivity index (χ0) is 13.2. The van der Waals surface area contributed by atoms with E-state index in [9.17, 15) is 4.79 Å². The highest BCUT2D eigenvalue weighted by atomic mass is 16.7. The molecule has 3 heteroatoms. The van der Waals surface area contributed by atoms with Crippen molar-refractivity contribution in [3.8, 4) is 0 Å². The van der Waals surface area contributed by atoms with Gasteiger partial charge >= 0.3 is 6.16 Å². The van der Waals surface area contributed by atoms with Crippen LogP contribution in [0.25, 0.3) is 0 Å². The molecule has 0 saturated heterocycles. The maximum atomic E-state index is 10.5. The first-order chi connectivity index (χ1) is 8.72. The van der Waals surface area contributed by atoms with Gasteiger partial charge in [0.15, 0.2) is 0 Å². The Morgan fingerprint density at radius 3 is 2.56 bits per heavy atom. The lowest BCUT2D eigenvalue weighted by Gasteiger charge is -2.14. The van der Waals surface area contributed by atoms with Crippen LogP contribution >= 0.6 is 0 Å². The number of aryl methyl sites for hydroxylation is 1. The number of benzene rings is 1. The highest BCUT2D eigenvalue weighted by Crippen LogP contribution is 2.13. The first-order valence-corrected chi connectivity index (χ1v) is 6.66. The predicted octanol–water partition coefficient (Wildman–Crippen LogP) is 4.26. The maximum Gasteiger partial charge on any atom is 0.506 e. The first kappa shape index (κ1) is 14.6. The van der Waals surface area contributed by atoms with E-state index in [1.807, 2.05) is 25.1 Å². The summed E-state index contributed by atoms with van der Waals surface area (Å²) in [5, 5.41) is 8.62. The highest BCUT2D eigenvalue weighted by molar-refractivity contribution is 5.57. The molecule has 0 fully saturated rings. The predicted molar refractivity (Wildman–Crippen MR) is 71.8 cm³/mol. The number of hydrogen-bond acceptors (Lipinski definition) is 2. The van der Waals surface area contributed by atoms with Gasteiger partial charge < -0.3 is 9.84 Å². The van der Waals surface area contributed by atoms with Crippen molar-refractivity contribution >= 4 is 6.16 Å². The zero-order valence-electron chi connectivity index (χ0n) is 11.0. The summed E-state index contributed by atoms with van der Waals surface area (Å²) in [6, 6.07) is 10.3. The van der Waals surface area contributed by atoms with Crippen molar-refractivity contribution < 1.29 is 14.6 Å². The van der Waals surface area contributed by atoms with Crippen molar-refractivity contribution in [3.05, 3.63) is 35.9 Å². The van der Waals surface area contributed by atoms with Crippen LogP contribution in [0.1, 0.15) is 44.6 Å². The summed E-state index contributed by atoms with van der Waals surface area (Å²) in [7, 11) is 0. The van der Waals surface area contributed by atoms with Gasteiger partial charge in [-0.2, -0.15) is 0 Å². The summed E-state index contributed by atoms with van der Waals surface area (Å²) in [6.07, 6.45) is 4.44. The van der Waals surface area contributed by atoms with Crippen LogP contribution < -0.4 is 0 Å². The lowest BCUT2D eigenvalue weighted by molar-refractivity contribution is 0.0432. The van der Waals surface area contributed by atoms with E-state index in [2.05, 4.69) is 12.1 Å². The number of ether oxygens (including phenoxy) is 1. The summed E-state index contributed by atoms with van der Waals surface area (Å²) in [4.78, 5) is 10.5. The first-order valence-electron chi connectivity index (χ1n) is 6.66. The standard InChI is InChI=1S/C15H22O3/c1-2-8-14(18-15(16)17)12-7-6-11-13-9-4-3-5-10-13/h3-5,9-10,14H,2,6-8,11-12H2,1H3,(H,16,17). The molecule has 0 bridgehead atoms. The molecule has 0 aromatic heterocycles. The number of carbonyl (C=O) groups is 1. The minimum Gasteiger partial charge on any atom is -0.450 e. The lowest BCUT2D eigenvalue weighted by atomic mass is 10.0. The fourth-order valence-electron chi connectivity index (χ4n) is 2.07. The summed E-state index contributed by atoms with van der Waals surface area (Å²) in [5.41, 5.74) is 1.34. The van der Waals surface area contributed by atoms with Crippen LogP contribution in [-0.2, 0) is 11.2 Å². The van der Waals surface area contributed by atoms with Gasteiger partial charge in [-0.1, -0.05) is 43.7 Å². The molecule has 18 heavy (non-hydrogen) atoms. The molecule has 1 atom stereocenters. The third-order valence-electron chi connectivity index (χ3n) is 2.96. The number of hydrogen-bond donors (Lipinski definition) is 1. The van der Waals surface area contributed by atoms with Gasteiger partial charge in [0.2, 0.25) is 0 Å². The van der Waals surface area contributed by atoms with Crippen molar-refractivity contribution in [2.24, 2.45) is 0 Å². The Hall–Kier alpha value is -1.51. The molecule has 1 aromatic rings. The Kier molecular flexibility index (Phi) is 6.92. The molecule has 1 unspecified atom stereocenters. The second-order valence-corrected chi connectivity index (χ2v) is 4.53. The van der Waals surface area contributed by atoms with Crippen molar-refractivity contribution in [2.45, 2.75) is 51.6 Å². The second-order valence-electron chi connectivity index (χ2n) is 4.53. The van der Waals surface area contributed by atoms with E-state index < -0.39 is 6.16 Å². The molecule has 0 spiro atoms. The molecular weight excluding hydrogens is 228 g/mol. The third kappa shape index (κ3) is 6.28. The number of rotatable bonds is 8. The average molecular weight is 250 g/mol. The van der Waals surface area contributed by atoms with Gasteiger partial charge in [-0.3, -0.25) is 0 Å². The molecule has 0 heterocycles. The van der Waals surface area contributed by atoms with Crippen molar-refractivity contribution in [2.75, 3.05) is 0 Å². The van der Waals surface area contributed by atoms with E-state index in [-0.39, 0.29) is 6.10 Å². The van der Waals surface area contributed by atoms with Gasteiger partial charge in [0.1, 0.15) is 6.10 Å². The van der Waals surface area contributed by atoms with Crippen molar-refractivity contribution in [1.82, 2.24) is 0 Å². The fourth-order valence-corrected chi connectivity index (χ4v) is 2.07. The Morgan fingerprint density at radius 1 is 1.22 bits per heavy atom. The average Bonchev–Trinajstić information content (AvgIpc) is 2.35. The van der Waals surface area contributed by atoms with E-state index in [0.29, 0.717) is 0 Å². The molecule has 0 saturated carbocycles. The van der Waals surface area contributed by atoms with Gasteiger partial charge in [-0.25, -0.2) is 4.79 Å². The molecule has 0 aliphatic rings. The molecule has 100 valence electrons. The van der Waals surface area contributed by atoms with E-state index in [0.717, 1.165) is 38.5 Å². The topological polar surface area (TPSA) is 46.5 Å². The molecule has 0 amide bonds. The van der Waals surface area contributed by atoms with Crippen LogP contribution in [0.5, 0.6) is 0 Å². The van der Waals surface area contributed by atoms with Gasteiger partial charge in [0, 0.05) is 0 Å². The van der Waals surface area contributed by atoms with Crippen LogP contribution in [0.15, 0.2) is 30.3 Å². The normalized spacial score (nSPS) is 12.1. The maximum absolute atomic E-state index is 10.5. The Morgan fingerprint density at radius 2 is 1.94 bits per heavy atom. The third-order valence-corrected chi connectivity index (χ3v) is 2.96. The summed E-state index contributed by atoms with van der Waals surface area (Å²) >= 11 is 0. The molecule has 0 radical (unpaired) electrons. The molecule has 0 aliphatic heterocycles. The number of unbranched alkanes of at least 4 members (excludes halogenated alkanes) is 1. The lowest BCUT2D eigenvalue weighted by Crippen LogP contribution is -2.16. The Balaban J connectivity index is 2.20. The van der Waals surface area contributed by atoms with Crippen molar-refractivity contribution in [3.63, 3.8) is 0 Å². The van der Waals surface area contributed by atoms with Crippen LogP contribution in [0.3, 0.4) is 0 Å². The summed E-state index contributed by atoms with van der Waals surface area (Å²) in [6.45, 7) is 2.04. The molecule has 1 rings (SSSR count). The number of carboxylic acid groups (broad SMARTS) is 1. The van der Waals surface area contributed by atoms with Crippen LogP contribution in [0, 0.1) is 0 Å². The molecule has 1 N–H and O–H groups in total. The molecule has 3 nitrogen and oxygen atoms in total. The summed E-state index contributed by atoms with van der Waals surface area (Å²) in [5.74, 6) is 0. The molecule has 0 aliphatic carbocycles. The minimum absolute atomic E-state index is 0.136. The fraction of sp³-hybridized carbons (Fsp3) is 0.533. The van der Waals surface area contributed by atoms with Crippen LogP contribution in [0.2, 0.25) is 0 Å². The quantitative estimate of drug-likeness (QED) is 0.554. The van der Waals surface area contributed by atoms with E-state index in [1.54, 1.807) is 0 Å². The zero-order valence-corrected chi connectivity index (χ0v) is 11.0. The smallest absolute Gasteiger partial charge is 0.450 e. The largest absolute Gasteiger partial charge is 0.506 e. The molecule has 1 aromatic carbocycles.